The van der Waals surface area contributed by atoms with Crippen LogP contribution in [0.15, 0.2) is 0 Å². The second-order valence-corrected chi connectivity index (χ2v) is 9.93. The van der Waals surface area contributed by atoms with Gasteiger partial charge in [0.15, 0.2) is 0 Å². The Morgan fingerprint density at radius 1 is 0.920 bits per heavy atom. The van der Waals surface area contributed by atoms with Gasteiger partial charge in [0.2, 0.25) is 0 Å². The molecule has 0 aliphatic heterocycles. The minimum Gasteiger partial charge on any atom is -0.330 e. The maximum Gasteiger partial charge on any atom is 0.0881 e. The molecule has 4 aliphatic carbocycles. The van der Waals surface area contributed by atoms with Crippen LogP contribution in [0, 0.1) is 40.4 Å². The third-order valence-corrected chi connectivity index (χ3v) is 9.13. The lowest BCUT2D eigenvalue weighted by molar-refractivity contribution is -0.315. The molecule has 3 nitrogen and oxygen atoms in total. The maximum absolute atomic E-state index is 6.31. The minimum absolute atomic E-state index is 0.396. The molecular formula is C22H39NO2. The standard InChI is InChI=1S/C22H39NO2/c1-3-24-25-15-22-11-6-8-20(22)17-13-16(14-23)18-7-4-5-10-21(18,2)19(17)9-12-22/h16-20H,3-15,23H2,1-2H3/t16-,17-,18?,19+,20+,21+,22+/m1/s1. The highest BCUT2D eigenvalue weighted by molar-refractivity contribution is 5.09. The van der Waals surface area contributed by atoms with Crippen molar-refractivity contribution >= 4 is 0 Å². The molecule has 0 aromatic carbocycles. The van der Waals surface area contributed by atoms with Crippen LogP contribution in [-0.2, 0) is 9.78 Å². The van der Waals surface area contributed by atoms with E-state index in [9.17, 15) is 0 Å². The molecule has 1 unspecified atom stereocenters. The second kappa shape index (κ2) is 7.13. The average molecular weight is 350 g/mol. The van der Waals surface area contributed by atoms with Crippen LogP contribution in [0.1, 0.15) is 78.1 Å². The molecule has 4 fully saturated rings. The molecule has 144 valence electrons. The number of nitrogens with two attached hydrogens (primary N) is 1. The molecule has 4 aliphatic rings. The van der Waals surface area contributed by atoms with Crippen molar-refractivity contribution in [1.82, 2.24) is 0 Å². The predicted octanol–water partition coefficient (Wildman–Crippen LogP) is 4.94. The number of hydrogen-bond acceptors (Lipinski definition) is 3. The van der Waals surface area contributed by atoms with E-state index in [4.69, 9.17) is 15.5 Å². The first-order valence-corrected chi connectivity index (χ1v) is 11.1. The Labute approximate surface area is 154 Å². The molecule has 0 amide bonds. The highest BCUT2D eigenvalue weighted by atomic mass is 17.2. The Morgan fingerprint density at radius 3 is 2.56 bits per heavy atom. The molecule has 3 heteroatoms. The summed E-state index contributed by atoms with van der Waals surface area (Å²) in [6, 6.07) is 0. The fraction of sp³-hybridized carbons (Fsp3) is 1.00. The van der Waals surface area contributed by atoms with Crippen LogP contribution in [0.5, 0.6) is 0 Å². The third kappa shape index (κ3) is 2.89. The van der Waals surface area contributed by atoms with Crippen LogP contribution in [0.2, 0.25) is 0 Å². The van der Waals surface area contributed by atoms with E-state index in [2.05, 4.69) is 6.92 Å². The molecule has 0 bridgehead atoms. The molecule has 7 atom stereocenters. The monoisotopic (exact) mass is 349 g/mol. The van der Waals surface area contributed by atoms with Crippen LogP contribution in [0.3, 0.4) is 0 Å². The van der Waals surface area contributed by atoms with Crippen molar-refractivity contribution in [2.75, 3.05) is 19.8 Å². The topological polar surface area (TPSA) is 44.5 Å². The van der Waals surface area contributed by atoms with Gasteiger partial charge in [-0.3, -0.25) is 0 Å². The third-order valence-electron chi connectivity index (χ3n) is 9.13. The van der Waals surface area contributed by atoms with Crippen molar-refractivity contribution in [1.29, 1.82) is 0 Å². The maximum atomic E-state index is 6.31. The normalized spacial score (nSPS) is 49.3. The van der Waals surface area contributed by atoms with E-state index in [1.54, 1.807) is 0 Å². The molecule has 25 heavy (non-hydrogen) atoms. The zero-order valence-electron chi connectivity index (χ0n) is 16.5. The molecule has 0 aromatic heterocycles. The van der Waals surface area contributed by atoms with Crippen molar-refractivity contribution in [2.45, 2.75) is 78.1 Å². The van der Waals surface area contributed by atoms with Gasteiger partial charge >= 0.3 is 0 Å². The van der Waals surface area contributed by atoms with Crippen molar-refractivity contribution < 1.29 is 9.78 Å². The van der Waals surface area contributed by atoms with Crippen molar-refractivity contribution in [3.63, 3.8) is 0 Å². The van der Waals surface area contributed by atoms with Gasteiger partial charge < -0.3 is 5.73 Å². The van der Waals surface area contributed by atoms with Crippen LogP contribution < -0.4 is 5.73 Å². The van der Waals surface area contributed by atoms with Crippen LogP contribution in [0.25, 0.3) is 0 Å². The van der Waals surface area contributed by atoms with Crippen molar-refractivity contribution in [3.8, 4) is 0 Å². The predicted molar refractivity (Wildman–Crippen MR) is 101 cm³/mol. The molecule has 0 radical (unpaired) electrons. The quantitative estimate of drug-likeness (QED) is 0.434. The number of hydrogen-bond donors (Lipinski definition) is 1. The summed E-state index contributed by atoms with van der Waals surface area (Å²) in [5, 5.41) is 0. The zero-order valence-corrected chi connectivity index (χ0v) is 16.5. The molecular weight excluding hydrogens is 310 g/mol. The molecule has 0 heterocycles. The molecule has 4 saturated carbocycles. The van der Waals surface area contributed by atoms with Crippen LogP contribution in [0.4, 0.5) is 0 Å². The lowest BCUT2D eigenvalue weighted by Crippen LogP contribution is -2.56. The van der Waals surface area contributed by atoms with Gasteiger partial charge in [-0.2, -0.15) is 0 Å². The molecule has 2 N–H and O–H groups in total. The molecule has 0 aromatic rings. The lowest BCUT2D eigenvalue weighted by Gasteiger charge is -2.62. The summed E-state index contributed by atoms with van der Waals surface area (Å²) < 4.78 is 0. The minimum atomic E-state index is 0.396. The Kier molecular flexibility index (Phi) is 5.20. The fourth-order valence-corrected chi connectivity index (χ4v) is 8.12. The summed E-state index contributed by atoms with van der Waals surface area (Å²) >= 11 is 0. The second-order valence-electron chi connectivity index (χ2n) is 9.93. The van der Waals surface area contributed by atoms with E-state index in [0.29, 0.717) is 17.4 Å². The van der Waals surface area contributed by atoms with Crippen molar-refractivity contribution in [2.24, 2.45) is 46.2 Å². The summed E-state index contributed by atoms with van der Waals surface area (Å²) in [7, 11) is 0. The summed E-state index contributed by atoms with van der Waals surface area (Å²) in [6.45, 7) is 7.04. The summed E-state index contributed by atoms with van der Waals surface area (Å²) in [4.78, 5) is 11.0. The van der Waals surface area contributed by atoms with E-state index >= 15 is 0 Å². The Balaban J connectivity index is 1.59. The van der Waals surface area contributed by atoms with Gasteiger partial charge in [-0.05, 0) is 93.4 Å². The van der Waals surface area contributed by atoms with Gasteiger partial charge in [0.05, 0.1) is 13.2 Å². The Morgan fingerprint density at radius 2 is 1.76 bits per heavy atom. The first kappa shape index (κ1) is 18.3. The van der Waals surface area contributed by atoms with Gasteiger partial charge in [0, 0.05) is 5.41 Å². The summed E-state index contributed by atoms with van der Waals surface area (Å²) in [6.07, 6.45) is 14.1. The van der Waals surface area contributed by atoms with E-state index in [0.717, 1.165) is 42.7 Å². The summed E-state index contributed by atoms with van der Waals surface area (Å²) in [5.41, 5.74) is 7.27. The van der Waals surface area contributed by atoms with E-state index in [-0.39, 0.29) is 0 Å². The van der Waals surface area contributed by atoms with Gasteiger partial charge in [0.25, 0.3) is 0 Å². The lowest BCUT2D eigenvalue weighted by atomic mass is 9.43. The van der Waals surface area contributed by atoms with E-state index in [1.807, 2.05) is 6.92 Å². The fourth-order valence-electron chi connectivity index (χ4n) is 8.12. The van der Waals surface area contributed by atoms with Crippen molar-refractivity contribution in [3.05, 3.63) is 0 Å². The SMILES string of the molecule is CCOOC[C@@]12CCC[C@H]1[C@@H]1C[C@H](CN)C3CCCC[C@]3(C)[C@H]1CC2. The number of fused-ring (bicyclic) bond motifs is 5. The van der Waals surface area contributed by atoms with Crippen LogP contribution in [-0.4, -0.2) is 19.8 Å². The molecule has 0 spiro atoms. The Bertz CT molecular complexity index is 469. The highest BCUT2D eigenvalue weighted by Crippen LogP contribution is 2.67. The Hall–Kier alpha value is -0.120. The first-order valence-electron chi connectivity index (χ1n) is 11.1. The number of rotatable bonds is 5. The van der Waals surface area contributed by atoms with Gasteiger partial charge in [-0.15, -0.1) is 0 Å². The largest absolute Gasteiger partial charge is 0.330 e. The van der Waals surface area contributed by atoms with E-state index < -0.39 is 0 Å². The smallest absolute Gasteiger partial charge is 0.0881 e. The highest BCUT2D eigenvalue weighted by Gasteiger charge is 2.60. The van der Waals surface area contributed by atoms with Gasteiger partial charge in [-0.25, -0.2) is 9.78 Å². The van der Waals surface area contributed by atoms with E-state index in [1.165, 1.54) is 64.2 Å². The zero-order chi connectivity index (χ0) is 17.5. The van der Waals surface area contributed by atoms with Gasteiger partial charge in [0.1, 0.15) is 0 Å². The summed E-state index contributed by atoms with van der Waals surface area (Å²) in [5.74, 6) is 4.32. The average Bonchev–Trinajstić information content (AvgIpc) is 3.05. The molecule has 4 rings (SSSR count). The first-order chi connectivity index (χ1) is 12.1. The van der Waals surface area contributed by atoms with Crippen LogP contribution >= 0.6 is 0 Å². The molecule has 0 saturated heterocycles. The van der Waals surface area contributed by atoms with Gasteiger partial charge in [-0.1, -0.05) is 26.2 Å².